The van der Waals surface area contributed by atoms with Crippen molar-refractivity contribution < 1.29 is 4.79 Å². The molecule has 0 radical (unpaired) electrons. The van der Waals surface area contributed by atoms with Gasteiger partial charge in [0.05, 0.1) is 5.56 Å². The second kappa shape index (κ2) is 6.66. The van der Waals surface area contributed by atoms with E-state index < -0.39 is 0 Å². The van der Waals surface area contributed by atoms with E-state index in [4.69, 9.17) is 5.73 Å². The van der Waals surface area contributed by atoms with Crippen LogP contribution in [0.1, 0.15) is 36.5 Å². The summed E-state index contributed by atoms with van der Waals surface area (Å²) < 4.78 is 0.873. The number of hydrogen-bond donors (Lipinski definition) is 2. The summed E-state index contributed by atoms with van der Waals surface area (Å²) in [5, 5.41) is 3.79. The zero-order valence-electron chi connectivity index (χ0n) is 11.0. The number of rotatable bonds is 4. The van der Waals surface area contributed by atoms with Gasteiger partial charge in [0.25, 0.3) is 5.91 Å². The van der Waals surface area contributed by atoms with Gasteiger partial charge in [-0.05, 0) is 43.2 Å². The van der Waals surface area contributed by atoms with Gasteiger partial charge in [0.1, 0.15) is 0 Å². The molecule has 19 heavy (non-hydrogen) atoms. The third-order valence-electron chi connectivity index (χ3n) is 3.38. The lowest BCUT2D eigenvalue weighted by molar-refractivity contribution is 0.0939. The van der Waals surface area contributed by atoms with E-state index in [1.807, 2.05) is 17.8 Å². The van der Waals surface area contributed by atoms with Crippen molar-refractivity contribution in [2.45, 2.75) is 37.5 Å². The van der Waals surface area contributed by atoms with Gasteiger partial charge < -0.3 is 11.1 Å². The predicted molar refractivity (Wildman–Crippen MR) is 85.6 cm³/mol. The molecule has 0 saturated heterocycles. The van der Waals surface area contributed by atoms with Crippen molar-refractivity contribution in [3.05, 3.63) is 28.2 Å². The van der Waals surface area contributed by atoms with Gasteiger partial charge in [0.15, 0.2) is 0 Å². The summed E-state index contributed by atoms with van der Waals surface area (Å²) in [5.41, 5.74) is 6.94. The first-order chi connectivity index (χ1) is 9.10. The van der Waals surface area contributed by atoms with Gasteiger partial charge in [-0.2, -0.15) is 11.8 Å². The fourth-order valence-electron chi connectivity index (χ4n) is 2.45. The number of amides is 1. The number of halogens is 1. The summed E-state index contributed by atoms with van der Waals surface area (Å²) >= 11 is 5.36. The Morgan fingerprint density at radius 1 is 1.53 bits per heavy atom. The Morgan fingerprint density at radius 3 is 3.05 bits per heavy atom. The molecule has 3 nitrogen and oxygen atoms in total. The van der Waals surface area contributed by atoms with E-state index in [9.17, 15) is 4.79 Å². The number of hydrogen-bond acceptors (Lipinski definition) is 3. The number of thioether (sulfide) groups is 1. The summed E-state index contributed by atoms with van der Waals surface area (Å²) in [6.45, 7) is 2.18. The van der Waals surface area contributed by atoms with E-state index >= 15 is 0 Å². The van der Waals surface area contributed by atoms with Gasteiger partial charge in [-0.1, -0.05) is 22.9 Å². The minimum absolute atomic E-state index is 0.0639. The molecule has 0 aromatic heterocycles. The lowest BCUT2D eigenvalue weighted by Gasteiger charge is -2.14. The second-order valence-electron chi connectivity index (χ2n) is 4.79. The lowest BCUT2D eigenvalue weighted by atomic mass is 10.1. The minimum Gasteiger partial charge on any atom is -0.398 e. The molecule has 1 saturated carbocycles. The number of nitrogens with one attached hydrogen (secondary N) is 1. The number of nitrogen functional groups attached to an aromatic ring is 1. The van der Waals surface area contributed by atoms with Crippen LogP contribution in [0.15, 0.2) is 22.7 Å². The van der Waals surface area contributed by atoms with Crippen LogP contribution in [0.4, 0.5) is 5.69 Å². The number of anilines is 1. The maximum Gasteiger partial charge on any atom is 0.253 e. The van der Waals surface area contributed by atoms with E-state index in [0.29, 0.717) is 16.5 Å². The Hall–Kier alpha value is -0.680. The number of carbonyl (C=O) groups is 1. The standard InChI is InChI=1S/C14H19BrN2OS/c1-2-19-11-5-4-10(8-11)17-14(18)12-7-9(15)3-6-13(12)16/h3,6-7,10-11H,2,4-5,8,16H2,1H3,(H,17,18). The molecule has 1 fully saturated rings. The summed E-state index contributed by atoms with van der Waals surface area (Å²) in [6.07, 6.45) is 3.33. The van der Waals surface area contributed by atoms with Crippen molar-refractivity contribution in [1.82, 2.24) is 5.32 Å². The molecule has 2 rings (SSSR count). The summed E-state index contributed by atoms with van der Waals surface area (Å²) in [7, 11) is 0. The molecule has 1 amide bonds. The van der Waals surface area contributed by atoms with E-state index in [0.717, 1.165) is 23.1 Å². The summed E-state index contributed by atoms with van der Waals surface area (Å²) in [6, 6.07) is 5.66. The summed E-state index contributed by atoms with van der Waals surface area (Å²) in [5.74, 6) is 1.08. The molecule has 1 aromatic rings. The Bertz CT molecular complexity index is 467. The smallest absolute Gasteiger partial charge is 0.253 e. The quantitative estimate of drug-likeness (QED) is 0.824. The first-order valence-electron chi connectivity index (χ1n) is 6.57. The molecule has 1 aliphatic carbocycles. The van der Waals surface area contributed by atoms with Gasteiger partial charge in [0.2, 0.25) is 0 Å². The van der Waals surface area contributed by atoms with Crippen LogP contribution in [0.5, 0.6) is 0 Å². The van der Waals surface area contributed by atoms with Crippen molar-refractivity contribution in [1.29, 1.82) is 0 Å². The lowest BCUT2D eigenvalue weighted by Crippen LogP contribution is -2.33. The van der Waals surface area contributed by atoms with Crippen LogP contribution in [0.3, 0.4) is 0 Å². The molecular formula is C14H19BrN2OS. The molecule has 0 aliphatic heterocycles. The molecule has 1 aliphatic rings. The Balaban J connectivity index is 1.96. The van der Waals surface area contributed by atoms with E-state index in [2.05, 4.69) is 28.2 Å². The van der Waals surface area contributed by atoms with Gasteiger partial charge in [-0.3, -0.25) is 4.79 Å². The number of nitrogens with two attached hydrogens (primary N) is 1. The number of carbonyl (C=O) groups excluding carboxylic acids is 1. The van der Waals surface area contributed by atoms with E-state index in [1.54, 1.807) is 12.1 Å². The van der Waals surface area contributed by atoms with Crippen LogP contribution in [0, 0.1) is 0 Å². The van der Waals surface area contributed by atoms with Gasteiger partial charge >= 0.3 is 0 Å². The first-order valence-corrected chi connectivity index (χ1v) is 8.41. The molecule has 2 unspecified atom stereocenters. The van der Waals surface area contributed by atoms with Crippen molar-refractivity contribution in [3.8, 4) is 0 Å². The van der Waals surface area contributed by atoms with Crippen LogP contribution in [0.2, 0.25) is 0 Å². The fraction of sp³-hybridized carbons (Fsp3) is 0.500. The largest absolute Gasteiger partial charge is 0.398 e. The SMILES string of the molecule is CCSC1CCC(NC(=O)c2cc(Br)ccc2N)C1. The topological polar surface area (TPSA) is 55.1 Å². The number of benzene rings is 1. The highest BCUT2D eigenvalue weighted by Crippen LogP contribution is 2.30. The molecule has 5 heteroatoms. The molecule has 0 bridgehead atoms. The highest BCUT2D eigenvalue weighted by atomic mass is 79.9. The van der Waals surface area contributed by atoms with Crippen LogP contribution in [-0.2, 0) is 0 Å². The minimum atomic E-state index is -0.0639. The molecule has 104 valence electrons. The van der Waals surface area contributed by atoms with Crippen molar-refractivity contribution in [2.24, 2.45) is 0 Å². The Kier molecular flexibility index (Phi) is 5.16. The zero-order valence-corrected chi connectivity index (χ0v) is 13.4. The predicted octanol–water partition coefficient (Wildman–Crippen LogP) is 3.44. The van der Waals surface area contributed by atoms with Crippen LogP contribution in [0.25, 0.3) is 0 Å². The van der Waals surface area contributed by atoms with Gasteiger partial charge in [-0.25, -0.2) is 0 Å². The van der Waals surface area contributed by atoms with Crippen LogP contribution in [-0.4, -0.2) is 23.0 Å². The van der Waals surface area contributed by atoms with Crippen molar-refractivity contribution in [2.75, 3.05) is 11.5 Å². The van der Waals surface area contributed by atoms with Gasteiger partial charge in [-0.15, -0.1) is 0 Å². The highest BCUT2D eigenvalue weighted by molar-refractivity contribution is 9.10. The van der Waals surface area contributed by atoms with Crippen molar-refractivity contribution in [3.63, 3.8) is 0 Å². The van der Waals surface area contributed by atoms with Crippen LogP contribution >= 0.6 is 27.7 Å². The highest BCUT2D eigenvalue weighted by Gasteiger charge is 2.26. The Labute approximate surface area is 126 Å². The Morgan fingerprint density at radius 2 is 2.32 bits per heavy atom. The molecule has 0 heterocycles. The first kappa shape index (κ1) is 14.7. The monoisotopic (exact) mass is 342 g/mol. The molecule has 1 aromatic carbocycles. The second-order valence-corrected chi connectivity index (χ2v) is 7.29. The van der Waals surface area contributed by atoms with E-state index in [1.165, 1.54) is 6.42 Å². The molecule has 0 spiro atoms. The average Bonchev–Trinajstić information content (AvgIpc) is 2.80. The average molecular weight is 343 g/mol. The third kappa shape index (κ3) is 3.89. The van der Waals surface area contributed by atoms with E-state index in [-0.39, 0.29) is 11.9 Å². The maximum absolute atomic E-state index is 12.2. The zero-order chi connectivity index (χ0) is 13.8. The van der Waals surface area contributed by atoms with Crippen molar-refractivity contribution >= 4 is 39.3 Å². The molecule has 2 atom stereocenters. The maximum atomic E-state index is 12.2. The molecule has 3 N–H and O–H groups in total. The summed E-state index contributed by atoms with van der Waals surface area (Å²) in [4.78, 5) is 12.2. The van der Waals surface area contributed by atoms with Crippen LogP contribution < -0.4 is 11.1 Å². The van der Waals surface area contributed by atoms with Gasteiger partial charge in [0, 0.05) is 21.5 Å². The third-order valence-corrected chi connectivity index (χ3v) is 5.11. The normalized spacial score (nSPS) is 22.4. The fourth-order valence-corrected chi connectivity index (χ4v) is 3.95. The molecular weight excluding hydrogens is 324 g/mol.